The molecule has 2 aromatic heterocycles. The Balaban J connectivity index is 1.63. The Labute approximate surface area is 162 Å². The Morgan fingerprint density at radius 3 is 2.81 bits per heavy atom. The van der Waals surface area contributed by atoms with Crippen molar-refractivity contribution in [2.75, 3.05) is 7.11 Å². The van der Waals surface area contributed by atoms with Gasteiger partial charge in [0.15, 0.2) is 11.0 Å². The van der Waals surface area contributed by atoms with Crippen molar-refractivity contribution in [3.8, 4) is 17.1 Å². The van der Waals surface area contributed by atoms with Gasteiger partial charge in [-0.15, -0.1) is 10.2 Å². The molecule has 0 unspecified atom stereocenters. The summed E-state index contributed by atoms with van der Waals surface area (Å²) in [5, 5.41) is 11.7. The summed E-state index contributed by atoms with van der Waals surface area (Å²) < 4.78 is 12.5. The predicted octanol–water partition coefficient (Wildman–Crippen LogP) is 3.19. The number of nitrogens with zero attached hydrogens (tertiary/aromatic N) is 3. The molecule has 142 valence electrons. The minimum atomic E-state index is -0.319. The molecule has 1 atom stereocenters. The SMILES string of the molecule is COc1ccccc1CNC(=O)[C@@H](C)Sc1nnc(-c2ccoc2C)n1C. The molecule has 0 saturated carbocycles. The zero-order valence-electron chi connectivity index (χ0n) is 15.7. The third kappa shape index (κ3) is 4.16. The monoisotopic (exact) mass is 386 g/mol. The largest absolute Gasteiger partial charge is 0.496 e. The average molecular weight is 386 g/mol. The standard InChI is InChI=1S/C19H22N4O3S/c1-12-15(9-10-26-12)17-21-22-19(23(17)3)27-13(2)18(24)20-11-14-7-5-6-8-16(14)25-4/h5-10,13H,11H2,1-4H3,(H,20,24)/t13-/m1/s1. The van der Waals surface area contributed by atoms with Gasteiger partial charge in [0.1, 0.15) is 11.5 Å². The summed E-state index contributed by atoms with van der Waals surface area (Å²) in [6, 6.07) is 9.48. The van der Waals surface area contributed by atoms with Gasteiger partial charge in [-0.2, -0.15) is 0 Å². The highest BCUT2D eigenvalue weighted by molar-refractivity contribution is 8.00. The van der Waals surface area contributed by atoms with Gasteiger partial charge in [0.2, 0.25) is 5.91 Å². The lowest BCUT2D eigenvalue weighted by Crippen LogP contribution is -2.30. The Bertz CT molecular complexity index is 935. The van der Waals surface area contributed by atoms with Crippen molar-refractivity contribution in [3.05, 3.63) is 47.9 Å². The molecule has 3 rings (SSSR count). The van der Waals surface area contributed by atoms with E-state index in [2.05, 4.69) is 15.5 Å². The van der Waals surface area contributed by atoms with Crippen LogP contribution >= 0.6 is 11.8 Å². The molecule has 8 heteroatoms. The lowest BCUT2D eigenvalue weighted by Gasteiger charge is -2.13. The van der Waals surface area contributed by atoms with Crippen LogP contribution in [-0.4, -0.2) is 33.0 Å². The second-order valence-electron chi connectivity index (χ2n) is 6.05. The van der Waals surface area contributed by atoms with Gasteiger partial charge in [-0.3, -0.25) is 4.79 Å². The molecule has 1 amide bonds. The fraction of sp³-hybridized carbons (Fsp3) is 0.316. The quantitative estimate of drug-likeness (QED) is 0.628. The smallest absolute Gasteiger partial charge is 0.233 e. The molecule has 3 aromatic rings. The lowest BCUT2D eigenvalue weighted by atomic mass is 10.2. The van der Waals surface area contributed by atoms with Gasteiger partial charge in [0.05, 0.1) is 24.2 Å². The Hall–Kier alpha value is -2.74. The van der Waals surface area contributed by atoms with E-state index in [1.54, 1.807) is 13.4 Å². The van der Waals surface area contributed by atoms with Crippen molar-refractivity contribution in [2.45, 2.75) is 30.8 Å². The van der Waals surface area contributed by atoms with Crippen LogP contribution in [0.5, 0.6) is 5.75 Å². The fourth-order valence-electron chi connectivity index (χ4n) is 2.66. The number of carbonyl (C=O) groups is 1. The van der Waals surface area contributed by atoms with Crippen molar-refractivity contribution in [1.82, 2.24) is 20.1 Å². The zero-order chi connectivity index (χ0) is 19.4. The number of carbonyl (C=O) groups excluding carboxylic acids is 1. The molecular formula is C19H22N4O3S. The van der Waals surface area contributed by atoms with Crippen LogP contribution in [0.1, 0.15) is 18.2 Å². The van der Waals surface area contributed by atoms with Crippen molar-refractivity contribution in [1.29, 1.82) is 0 Å². The number of nitrogens with one attached hydrogen (secondary N) is 1. The van der Waals surface area contributed by atoms with Gasteiger partial charge in [0, 0.05) is 19.2 Å². The van der Waals surface area contributed by atoms with E-state index in [9.17, 15) is 4.79 Å². The first-order valence-electron chi connectivity index (χ1n) is 8.51. The highest BCUT2D eigenvalue weighted by Gasteiger charge is 2.20. The summed E-state index contributed by atoms with van der Waals surface area (Å²) in [5.74, 6) is 2.18. The molecule has 0 aliphatic rings. The number of hydrogen-bond acceptors (Lipinski definition) is 6. The van der Waals surface area contributed by atoms with E-state index >= 15 is 0 Å². The number of furan rings is 1. The van der Waals surface area contributed by atoms with Gasteiger partial charge in [-0.25, -0.2) is 0 Å². The summed E-state index contributed by atoms with van der Waals surface area (Å²) in [4.78, 5) is 12.5. The van der Waals surface area contributed by atoms with Gasteiger partial charge < -0.3 is 19.0 Å². The number of methoxy groups -OCH3 is 1. The lowest BCUT2D eigenvalue weighted by molar-refractivity contribution is -0.120. The molecule has 1 N–H and O–H groups in total. The number of aromatic nitrogens is 3. The molecule has 0 spiro atoms. The fourth-order valence-corrected chi connectivity index (χ4v) is 3.49. The first-order chi connectivity index (χ1) is 13.0. The summed E-state index contributed by atoms with van der Waals surface area (Å²) >= 11 is 1.36. The Morgan fingerprint density at radius 1 is 1.33 bits per heavy atom. The summed E-state index contributed by atoms with van der Waals surface area (Å²) in [5.41, 5.74) is 1.83. The van der Waals surface area contributed by atoms with Gasteiger partial charge in [0.25, 0.3) is 0 Å². The first-order valence-corrected chi connectivity index (χ1v) is 9.39. The van der Waals surface area contributed by atoms with Crippen LogP contribution in [0.3, 0.4) is 0 Å². The van der Waals surface area contributed by atoms with Gasteiger partial charge >= 0.3 is 0 Å². The second kappa shape index (κ2) is 8.30. The van der Waals surface area contributed by atoms with E-state index in [1.165, 1.54) is 11.8 Å². The third-order valence-electron chi connectivity index (χ3n) is 4.23. The van der Waals surface area contributed by atoms with Crippen molar-refractivity contribution in [2.24, 2.45) is 7.05 Å². The van der Waals surface area contributed by atoms with Crippen LogP contribution in [0.4, 0.5) is 0 Å². The number of amides is 1. The highest BCUT2D eigenvalue weighted by Crippen LogP contribution is 2.28. The molecule has 0 bridgehead atoms. The van der Waals surface area contributed by atoms with E-state index in [4.69, 9.17) is 9.15 Å². The van der Waals surface area contributed by atoms with Crippen LogP contribution < -0.4 is 10.1 Å². The summed E-state index contributed by atoms with van der Waals surface area (Å²) in [6.45, 7) is 4.14. The van der Waals surface area contributed by atoms with Crippen molar-refractivity contribution >= 4 is 17.7 Å². The molecule has 0 aliphatic carbocycles. The zero-order valence-corrected chi connectivity index (χ0v) is 16.5. The predicted molar refractivity (Wildman–Crippen MR) is 104 cm³/mol. The van der Waals surface area contributed by atoms with Crippen LogP contribution in [0.25, 0.3) is 11.4 Å². The van der Waals surface area contributed by atoms with Crippen molar-refractivity contribution < 1.29 is 13.9 Å². The number of thioether (sulfide) groups is 1. The Kier molecular flexibility index (Phi) is 5.85. The van der Waals surface area contributed by atoms with E-state index in [-0.39, 0.29) is 11.2 Å². The molecular weight excluding hydrogens is 364 g/mol. The molecule has 0 saturated heterocycles. The number of hydrogen-bond donors (Lipinski definition) is 1. The molecule has 1 aromatic carbocycles. The first kappa shape index (κ1) is 19.0. The topological polar surface area (TPSA) is 82.2 Å². The van der Waals surface area contributed by atoms with Crippen LogP contribution in [0, 0.1) is 6.92 Å². The van der Waals surface area contributed by atoms with E-state index < -0.39 is 0 Å². The summed E-state index contributed by atoms with van der Waals surface area (Å²) in [6.07, 6.45) is 1.63. The molecule has 27 heavy (non-hydrogen) atoms. The van der Waals surface area contributed by atoms with Crippen molar-refractivity contribution in [3.63, 3.8) is 0 Å². The maximum atomic E-state index is 12.5. The van der Waals surface area contributed by atoms with E-state index in [1.807, 2.05) is 55.8 Å². The van der Waals surface area contributed by atoms with Gasteiger partial charge in [-0.05, 0) is 26.0 Å². The number of para-hydroxylation sites is 1. The molecule has 0 aliphatic heterocycles. The normalized spacial score (nSPS) is 12.0. The van der Waals surface area contributed by atoms with E-state index in [0.29, 0.717) is 17.5 Å². The van der Waals surface area contributed by atoms with Crippen LogP contribution in [-0.2, 0) is 18.4 Å². The van der Waals surface area contributed by atoms with Crippen LogP contribution in [0.15, 0.2) is 46.2 Å². The second-order valence-corrected chi connectivity index (χ2v) is 7.35. The number of benzene rings is 1. The minimum absolute atomic E-state index is 0.0741. The third-order valence-corrected chi connectivity index (χ3v) is 5.37. The average Bonchev–Trinajstić information content (AvgIpc) is 3.25. The van der Waals surface area contributed by atoms with Crippen LogP contribution in [0.2, 0.25) is 0 Å². The summed E-state index contributed by atoms with van der Waals surface area (Å²) in [7, 11) is 3.50. The maximum absolute atomic E-state index is 12.5. The maximum Gasteiger partial charge on any atom is 0.233 e. The number of ether oxygens (including phenoxy) is 1. The number of aryl methyl sites for hydroxylation is 1. The molecule has 7 nitrogen and oxygen atoms in total. The molecule has 0 radical (unpaired) electrons. The Morgan fingerprint density at radius 2 is 2.11 bits per heavy atom. The molecule has 0 fully saturated rings. The minimum Gasteiger partial charge on any atom is -0.496 e. The van der Waals surface area contributed by atoms with Gasteiger partial charge in [-0.1, -0.05) is 30.0 Å². The molecule has 2 heterocycles. The highest BCUT2D eigenvalue weighted by atomic mass is 32.2. The number of rotatable bonds is 7. The van der Waals surface area contributed by atoms with E-state index in [0.717, 1.165) is 22.6 Å².